The maximum Gasteiger partial charge on any atom is 0.170 e. The number of rotatable bonds is 5. The lowest BCUT2D eigenvalue weighted by atomic mass is 10.1. The van der Waals surface area contributed by atoms with E-state index >= 15 is 0 Å². The summed E-state index contributed by atoms with van der Waals surface area (Å²) in [6.07, 6.45) is 2.14. The number of benzene rings is 2. The van der Waals surface area contributed by atoms with E-state index in [0.717, 1.165) is 25.1 Å². The molecular formula is C18H22N2S. The van der Waals surface area contributed by atoms with Crippen molar-refractivity contribution in [1.82, 2.24) is 5.32 Å². The van der Waals surface area contributed by atoms with E-state index in [0.29, 0.717) is 5.11 Å². The molecule has 0 aliphatic rings. The Kier molecular flexibility index (Phi) is 5.76. The SMILES string of the molecule is Cc1ccc(CCCNC(=S)Nc2ccc(C)cc2)cc1. The van der Waals surface area contributed by atoms with Crippen LogP contribution in [-0.2, 0) is 6.42 Å². The average Bonchev–Trinajstić information content (AvgIpc) is 2.48. The topological polar surface area (TPSA) is 24.1 Å². The van der Waals surface area contributed by atoms with E-state index in [1.165, 1.54) is 16.7 Å². The van der Waals surface area contributed by atoms with E-state index in [-0.39, 0.29) is 0 Å². The first-order chi connectivity index (χ1) is 10.1. The highest BCUT2D eigenvalue weighted by Gasteiger charge is 1.98. The van der Waals surface area contributed by atoms with E-state index in [4.69, 9.17) is 12.2 Å². The Morgan fingerprint density at radius 1 is 0.905 bits per heavy atom. The lowest BCUT2D eigenvalue weighted by Gasteiger charge is -2.10. The van der Waals surface area contributed by atoms with Gasteiger partial charge in [-0.3, -0.25) is 0 Å². The van der Waals surface area contributed by atoms with Crippen molar-refractivity contribution in [2.24, 2.45) is 0 Å². The van der Waals surface area contributed by atoms with Crippen LogP contribution in [0.2, 0.25) is 0 Å². The molecule has 0 aliphatic carbocycles. The second-order valence-electron chi connectivity index (χ2n) is 5.34. The summed E-state index contributed by atoms with van der Waals surface area (Å²) in [5.74, 6) is 0. The first-order valence-electron chi connectivity index (χ1n) is 7.30. The van der Waals surface area contributed by atoms with Crippen LogP contribution in [-0.4, -0.2) is 11.7 Å². The normalized spacial score (nSPS) is 10.2. The molecule has 0 amide bonds. The lowest BCUT2D eigenvalue weighted by molar-refractivity contribution is 0.777. The second kappa shape index (κ2) is 7.79. The van der Waals surface area contributed by atoms with Crippen molar-refractivity contribution >= 4 is 23.0 Å². The number of hydrogen-bond donors (Lipinski definition) is 2. The number of anilines is 1. The molecule has 110 valence electrons. The molecule has 0 fully saturated rings. The fraction of sp³-hybridized carbons (Fsp3) is 0.278. The minimum absolute atomic E-state index is 0.683. The summed E-state index contributed by atoms with van der Waals surface area (Å²) in [6.45, 7) is 5.07. The molecular weight excluding hydrogens is 276 g/mol. The predicted molar refractivity (Wildman–Crippen MR) is 94.9 cm³/mol. The molecule has 0 saturated carbocycles. The van der Waals surface area contributed by atoms with Crippen LogP contribution in [0.1, 0.15) is 23.1 Å². The minimum Gasteiger partial charge on any atom is -0.362 e. The largest absolute Gasteiger partial charge is 0.362 e. The third-order valence-corrected chi connectivity index (χ3v) is 3.60. The van der Waals surface area contributed by atoms with Crippen LogP contribution < -0.4 is 10.6 Å². The molecule has 0 saturated heterocycles. The molecule has 2 N–H and O–H groups in total. The fourth-order valence-corrected chi connectivity index (χ4v) is 2.28. The van der Waals surface area contributed by atoms with E-state index in [1.54, 1.807) is 0 Å². The highest BCUT2D eigenvalue weighted by molar-refractivity contribution is 7.80. The van der Waals surface area contributed by atoms with Crippen LogP contribution >= 0.6 is 12.2 Å². The average molecular weight is 298 g/mol. The van der Waals surface area contributed by atoms with Crippen LogP contribution in [0.3, 0.4) is 0 Å². The van der Waals surface area contributed by atoms with Gasteiger partial charge in [-0.05, 0) is 56.6 Å². The van der Waals surface area contributed by atoms with Crippen molar-refractivity contribution in [2.75, 3.05) is 11.9 Å². The highest BCUT2D eigenvalue weighted by Crippen LogP contribution is 2.08. The molecule has 0 atom stereocenters. The molecule has 0 bridgehead atoms. The van der Waals surface area contributed by atoms with Crippen LogP contribution in [0.15, 0.2) is 48.5 Å². The summed E-state index contributed by atoms with van der Waals surface area (Å²) in [6, 6.07) is 16.9. The van der Waals surface area contributed by atoms with Gasteiger partial charge >= 0.3 is 0 Å². The number of hydrogen-bond acceptors (Lipinski definition) is 1. The highest BCUT2D eigenvalue weighted by atomic mass is 32.1. The summed E-state index contributed by atoms with van der Waals surface area (Å²) >= 11 is 5.29. The van der Waals surface area contributed by atoms with Crippen molar-refractivity contribution in [1.29, 1.82) is 0 Å². The first-order valence-corrected chi connectivity index (χ1v) is 7.71. The van der Waals surface area contributed by atoms with Gasteiger partial charge in [0.15, 0.2) is 5.11 Å². The summed E-state index contributed by atoms with van der Waals surface area (Å²) in [7, 11) is 0. The zero-order valence-electron chi connectivity index (χ0n) is 12.6. The smallest absolute Gasteiger partial charge is 0.170 e. The molecule has 0 aromatic heterocycles. The molecule has 2 aromatic rings. The van der Waals surface area contributed by atoms with Crippen LogP contribution in [0.4, 0.5) is 5.69 Å². The molecule has 3 heteroatoms. The van der Waals surface area contributed by atoms with Gasteiger partial charge in [0.1, 0.15) is 0 Å². The quantitative estimate of drug-likeness (QED) is 0.638. The zero-order valence-corrected chi connectivity index (χ0v) is 13.5. The molecule has 21 heavy (non-hydrogen) atoms. The Hall–Kier alpha value is -1.87. The van der Waals surface area contributed by atoms with E-state index in [1.807, 2.05) is 12.1 Å². The van der Waals surface area contributed by atoms with Gasteiger partial charge in [0, 0.05) is 12.2 Å². The molecule has 2 rings (SSSR count). The van der Waals surface area contributed by atoms with Crippen molar-refractivity contribution in [2.45, 2.75) is 26.7 Å². The second-order valence-corrected chi connectivity index (χ2v) is 5.74. The zero-order chi connectivity index (χ0) is 15.1. The molecule has 0 spiro atoms. The standard InChI is InChI=1S/C18H22N2S/c1-14-5-9-16(10-6-14)4-3-13-19-18(21)20-17-11-7-15(2)8-12-17/h5-12H,3-4,13H2,1-2H3,(H2,19,20,21). The third kappa shape index (κ3) is 5.56. The van der Waals surface area contributed by atoms with E-state index < -0.39 is 0 Å². The monoisotopic (exact) mass is 298 g/mol. The number of thiocarbonyl (C=S) groups is 1. The predicted octanol–water partition coefficient (Wildman–Crippen LogP) is 4.22. The van der Waals surface area contributed by atoms with Crippen LogP contribution in [0.5, 0.6) is 0 Å². The summed E-state index contributed by atoms with van der Waals surface area (Å²) in [5.41, 5.74) is 4.95. The Bertz CT molecular complexity index is 573. The van der Waals surface area contributed by atoms with E-state index in [2.05, 4.69) is 60.9 Å². The molecule has 0 heterocycles. The lowest BCUT2D eigenvalue weighted by Crippen LogP contribution is -2.29. The van der Waals surface area contributed by atoms with Crippen molar-refractivity contribution in [3.8, 4) is 0 Å². The van der Waals surface area contributed by atoms with Crippen molar-refractivity contribution in [3.05, 3.63) is 65.2 Å². The summed E-state index contributed by atoms with van der Waals surface area (Å²) in [5, 5.41) is 7.13. The minimum atomic E-state index is 0.683. The van der Waals surface area contributed by atoms with Gasteiger partial charge in [-0.15, -0.1) is 0 Å². The van der Waals surface area contributed by atoms with Gasteiger partial charge in [0.05, 0.1) is 0 Å². The van der Waals surface area contributed by atoms with Gasteiger partial charge in [-0.2, -0.15) is 0 Å². The summed E-state index contributed by atoms with van der Waals surface area (Å²) in [4.78, 5) is 0. The number of aryl methyl sites for hydroxylation is 3. The van der Waals surface area contributed by atoms with E-state index in [9.17, 15) is 0 Å². The van der Waals surface area contributed by atoms with Crippen LogP contribution in [0.25, 0.3) is 0 Å². The van der Waals surface area contributed by atoms with Crippen LogP contribution in [0, 0.1) is 13.8 Å². The maximum absolute atomic E-state index is 5.29. The Balaban J connectivity index is 1.67. The Morgan fingerprint density at radius 3 is 2.10 bits per heavy atom. The Morgan fingerprint density at radius 2 is 1.48 bits per heavy atom. The van der Waals surface area contributed by atoms with Gasteiger partial charge < -0.3 is 10.6 Å². The van der Waals surface area contributed by atoms with Gasteiger partial charge in [0.25, 0.3) is 0 Å². The fourth-order valence-electron chi connectivity index (χ4n) is 2.06. The van der Waals surface area contributed by atoms with Gasteiger partial charge in [-0.1, -0.05) is 47.5 Å². The van der Waals surface area contributed by atoms with Crippen molar-refractivity contribution in [3.63, 3.8) is 0 Å². The molecule has 0 aliphatic heterocycles. The number of nitrogens with one attached hydrogen (secondary N) is 2. The first kappa shape index (κ1) is 15.5. The molecule has 2 nitrogen and oxygen atoms in total. The van der Waals surface area contributed by atoms with Gasteiger partial charge in [0.2, 0.25) is 0 Å². The molecule has 2 aromatic carbocycles. The van der Waals surface area contributed by atoms with Crippen molar-refractivity contribution < 1.29 is 0 Å². The summed E-state index contributed by atoms with van der Waals surface area (Å²) < 4.78 is 0. The third-order valence-electron chi connectivity index (χ3n) is 3.36. The molecule has 0 unspecified atom stereocenters. The maximum atomic E-state index is 5.29. The Labute approximate surface area is 132 Å². The van der Waals surface area contributed by atoms with Gasteiger partial charge in [-0.25, -0.2) is 0 Å². The molecule has 0 radical (unpaired) electrons.